The number of methoxy groups -OCH3 is 1. The van der Waals surface area contributed by atoms with Crippen molar-refractivity contribution in [1.29, 1.82) is 0 Å². The van der Waals surface area contributed by atoms with Crippen LogP contribution in [-0.4, -0.2) is 7.11 Å². The van der Waals surface area contributed by atoms with Crippen LogP contribution in [0.25, 0.3) is 43.1 Å². The molecule has 0 N–H and O–H groups in total. The maximum absolute atomic E-state index is 5.39. The summed E-state index contributed by atoms with van der Waals surface area (Å²) in [6.45, 7) is 0. The summed E-state index contributed by atoms with van der Waals surface area (Å²) in [6, 6.07) is 28.1. The highest BCUT2D eigenvalue weighted by atomic mass is 16.5. The van der Waals surface area contributed by atoms with Crippen LogP contribution >= 0.6 is 0 Å². The van der Waals surface area contributed by atoms with Crippen LogP contribution in [0.2, 0.25) is 0 Å². The molecule has 5 aromatic rings. The Morgan fingerprint density at radius 1 is 0.542 bits per heavy atom. The van der Waals surface area contributed by atoms with E-state index in [1.54, 1.807) is 7.11 Å². The number of hydrogen-bond acceptors (Lipinski definition) is 1. The van der Waals surface area contributed by atoms with Crippen LogP contribution in [0, 0.1) is 0 Å². The lowest BCUT2D eigenvalue weighted by Gasteiger charge is -2.13. The Labute approximate surface area is 140 Å². The number of fused-ring (bicyclic) bond motifs is 8. The van der Waals surface area contributed by atoms with Crippen LogP contribution in [0.3, 0.4) is 0 Å². The number of rotatable bonds is 1. The van der Waals surface area contributed by atoms with Gasteiger partial charge < -0.3 is 4.74 Å². The summed E-state index contributed by atoms with van der Waals surface area (Å²) in [5, 5.41) is 10.4. The van der Waals surface area contributed by atoms with Crippen LogP contribution in [0.1, 0.15) is 0 Å². The van der Waals surface area contributed by atoms with Crippen molar-refractivity contribution in [3.8, 4) is 5.75 Å². The summed E-state index contributed by atoms with van der Waals surface area (Å²) in [5.41, 5.74) is 0. The first-order valence-electron chi connectivity index (χ1n) is 8.17. The first-order valence-corrected chi connectivity index (χ1v) is 8.17. The molecule has 0 saturated heterocycles. The van der Waals surface area contributed by atoms with Crippen molar-refractivity contribution in [3.63, 3.8) is 0 Å². The van der Waals surface area contributed by atoms with E-state index in [0.29, 0.717) is 0 Å². The molecule has 5 rings (SSSR count). The van der Waals surface area contributed by atoms with Gasteiger partial charge in [-0.25, -0.2) is 0 Å². The fraction of sp³-hybridized carbons (Fsp3) is 0.0435. The van der Waals surface area contributed by atoms with Crippen LogP contribution in [0.4, 0.5) is 0 Å². The first-order chi connectivity index (χ1) is 11.9. The third-order valence-corrected chi connectivity index (χ3v) is 4.93. The third-order valence-electron chi connectivity index (χ3n) is 4.93. The van der Waals surface area contributed by atoms with Crippen molar-refractivity contribution in [2.24, 2.45) is 0 Å². The fourth-order valence-corrected chi connectivity index (χ4v) is 3.84. The van der Waals surface area contributed by atoms with Crippen LogP contribution in [-0.2, 0) is 0 Å². The molecule has 114 valence electrons. The summed E-state index contributed by atoms with van der Waals surface area (Å²) in [4.78, 5) is 0. The lowest BCUT2D eigenvalue weighted by molar-refractivity contribution is 0.415. The minimum Gasteiger partial charge on any atom is -0.497 e. The molecular formula is C23H16O. The molecular weight excluding hydrogens is 292 g/mol. The zero-order valence-corrected chi connectivity index (χ0v) is 13.4. The highest BCUT2D eigenvalue weighted by Crippen LogP contribution is 2.39. The normalized spacial score (nSPS) is 11.5. The Morgan fingerprint density at radius 3 is 1.75 bits per heavy atom. The number of ether oxygens (including phenoxy) is 1. The SMILES string of the molecule is COc1ccc2c(ccc3c4ccccc4c4ccccc4c23)c1. The van der Waals surface area contributed by atoms with Gasteiger partial charge >= 0.3 is 0 Å². The van der Waals surface area contributed by atoms with Crippen molar-refractivity contribution >= 4 is 43.1 Å². The van der Waals surface area contributed by atoms with Gasteiger partial charge in [0.1, 0.15) is 5.75 Å². The summed E-state index contributed by atoms with van der Waals surface area (Å²) in [5.74, 6) is 0.895. The summed E-state index contributed by atoms with van der Waals surface area (Å²) < 4.78 is 5.39. The number of benzene rings is 5. The van der Waals surface area contributed by atoms with Gasteiger partial charge in [-0.1, -0.05) is 66.7 Å². The van der Waals surface area contributed by atoms with Crippen molar-refractivity contribution < 1.29 is 4.74 Å². The van der Waals surface area contributed by atoms with E-state index in [4.69, 9.17) is 4.74 Å². The Morgan fingerprint density at radius 2 is 1.08 bits per heavy atom. The first kappa shape index (κ1) is 13.4. The second kappa shape index (κ2) is 4.97. The number of hydrogen-bond donors (Lipinski definition) is 0. The topological polar surface area (TPSA) is 9.23 Å². The molecule has 24 heavy (non-hydrogen) atoms. The molecule has 0 fully saturated rings. The van der Waals surface area contributed by atoms with E-state index in [9.17, 15) is 0 Å². The van der Waals surface area contributed by atoms with Gasteiger partial charge in [-0.2, -0.15) is 0 Å². The van der Waals surface area contributed by atoms with Gasteiger partial charge in [0, 0.05) is 0 Å². The summed E-state index contributed by atoms with van der Waals surface area (Å²) >= 11 is 0. The van der Waals surface area contributed by atoms with Crippen LogP contribution in [0.5, 0.6) is 5.75 Å². The third kappa shape index (κ3) is 1.75. The van der Waals surface area contributed by atoms with E-state index < -0.39 is 0 Å². The van der Waals surface area contributed by atoms with E-state index >= 15 is 0 Å². The van der Waals surface area contributed by atoms with Crippen molar-refractivity contribution in [3.05, 3.63) is 78.9 Å². The zero-order valence-electron chi connectivity index (χ0n) is 13.4. The molecule has 0 radical (unpaired) electrons. The molecule has 0 atom stereocenters. The highest BCUT2D eigenvalue weighted by molar-refractivity contribution is 6.31. The lowest BCUT2D eigenvalue weighted by atomic mass is 9.91. The van der Waals surface area contributed by atoms with Crippen molar-refractivity contribution in [1.82, 2.24) is 0 Å². The van der Waals surface area contributed by atoms with Gasteiger partial charge in [0.15, 0.2) is 0 Å². The molecule has 0 aliphatic rings. The second-order valence-corrected chi connectivity index (χ2v) is 6.17. The average Bonchev–Trinajstić information content (AvgIpc) is 2.67. The maximum Gasteiger partial charge on any atom is 0.119 e. The molecule has 0 aliphatic carbocycles. The Hall–Kier alpha value is -3.06. The second-order valence-electron chi connectivity index (χ2n) is 6.17. The molecule has 0 saturated carbocycles. The molecule has 0 aromatic heterocycles. The van der Waals surface area contributed by atoms with Crippen molar-refractivity contribution in [2.75, 3.05) is 7.11 Å². The Kier molecular flexibility index (Phi) is 2.77. The molecule has 1 nitrogen and oxygen atoms in total. The van der Waals surface area contributed by atoms with Crippen molar-refractivity contribution in [2.45, 2.75) is 0 Å². The Balaban J connectivity index is 2.12. The maximum atomic E-state index is 5.39. The van der Waals surface area contributed by atoms with E-state index in [2.05, 4.69) is 72.8 Å². The van der Waals surface area contributed by atoms with E-state index in [1.165, 1.54) is 43.1 Å². The monoisotopic (exact) mass is 308 g/mol. The van der Waals surface area contributed by atoms with Gasteiger partial charge in [0.25, 0.3) is 0 Å². The molecule has 0 amide bonds. The average molecular weight is 308 g/mol. The largest absolute Gasteiger partial charge is 0.497 e. The van der Waals surface area contributed by atoms with E-state index in [1.807, 2.05) is 6.07 Å². The summed E-state index contributed by atoms with van der Waals surface area (Å²) in [7, 11) is 1.71. The lowest BCUT2D eigenvalue weighted by Crippen LogP contribution is -1.86. The molecule has 5 aromatic carbocycles. The fourth-order valence-electron chi connectivity index (χ4n) is 3.84. The molecule has 1 heteroatoms. The molecule has 0 unspecified atom stereocenters. The molecule has 0 bridgehead atoms. The Bertz CT molecular complexity index is 1200. The van der Waals surface area contributed by atoms with Gasteiger partial charge in [-0.15, -0.1) is 0 Å². The van der Waals surface area contributed by atoms with Gasteiger partial charge in [0.05, 0.1) is 7.11 Å². The smallest absolute Gasteiger partial charge is 0.119 e. The molecule has 0 spiro atoms. The minimum absolute atomic E-state index is 0.895. The predicted molar refractivity (Wildman–Crippen MR) is 103 cm³/mol. The molecule has 0 heterocycles. The van der Waals surface area contributed by atoms with Gasteiger partial charge in [-0.3, -0.25) is 0 Å². The zero-order chi connectivity index (χ0) is 16.1. The van der Waals surface area contributed by atoms with Crippen LogP contribution in [0.15, 0.2) is 78.9 Å². The predicted octanol–water partition coefficient (Wildman–Crippen LogP) is 6.31. The summed E-state index contributed by atoms with van der Waals surface area (Å²) in [6.07, 6.45) is 0. The van der Waals surface area contributed by atoms with Gasteiger partial charge in [-0.05, 0) is 55.2 Å². The minimum atomic E-state index is 0.895. The molecule has 0 aliphatic heterocycles. The van der Waals surface area contributed by atoms with E-state index in [-0.39, 0.29) is 0 Å². The standard InChI is InChI=1S/C23H16O/c1-24-16-11-13-17-15(14-16)10-12-22-20-8-3-2-6-18(20)19-7-4-5-9-21(19)23(17)22/h2-14H,1H3. The highest BCUT2D eigenvalue weighted by Gasteiger charge is 2.10. The van der Waals surface area contributed by atoms with E-state index in [0.717, 1.165) is 5.75 Å². The quantitative estimate of drug-likeness (QED) is 0.330. The van der Waals surface area contributed by atoms with Gasteiger partial charge in [0.2, 0.25) is 0 Å². The van der Waals surface area contributed by atoms with Crippen LogP contribution < -0.4 is 4.74 Å².